The first-order chi connectivity index (χ1) is 1.00. The molecule has 0 nitrogen and oxygen atoms in total. The number of hydrogen-bond acceptors (Lipinski definition) is 1. The Balaban J connectivity index is -0.00000000500. The van der Waals surface area contributed by atoms with Crippen LogP contribution in [0.5, 0.6) is 0 Å². The van der Waals surface area contributed by atoms with Gasteiger partial charge in [0.2, 0.25) is 0 Å². The first kappa shape index (κ1) is 16.2. The standard InChI is InChI=1S/Bi.Cu.Mo.S. The van der Waals surface area contributed by atoms with Gasteiger partial charge in [-0.15, -0.1) is 0 Å². The van der Waals surface area contributed by atoms with Crippen molar-refractivity contribution in [1.82, 2.24) is 0 Å². The van der Waals surface area contributed by atoms with E-state index in [0.717, 1.165) is 0 Å². The SMILES string of the molecule is [Bi].[Mo].[S]=[Cu]. The van der Waals surface area contributed by atoms with E-state index in [9.17, 15) is 0 Å². The van der Waals surface area contributed by atoms with Crippen LogP contribution in [0.15, 0.2) is 0 Å². The zero-order chi connectivity index (χ0) is 2.00. The predicted molar refractivity (Wildman–Crippen MR) is 13.3 cm³/mol. The van der Waals surface area contributed by atoms with E-state index in [2.05, 4.69) is 24.9 Å². The maximum atomic E-state index is 3.77. The van der Waals surface area contributed by atoms with Crippen LogP contribution in [0.3, 0.4) is 0 Å². The van der Waals surface area contributed by atoms with E-state index in [0.29, 0.717) is 0 Å². The fraction of sp³-hybridized carbons (Fsp3) is 0. The van der Waals surface area contributed by atoms with Crippen LogP contribution >= 0.6 is 10.6 Å². The summed E-state index contributed by atoms with van der Waals surface area (Å²) in [5.41, 5.74) is 0. The summed E-state index contributed by atoms with van der Waals surface area (Å²) in [6.07, 6.45) is 0. The van der Waals surface area contributed by atoms with Crippen molar-refractivity contribution in [3.05, 3.63) is 0 Å². The van der Waals surface area contributed by atoms with Crippen molar-refractivity contribution < 1.29 is 35.4 Å². The Kier molecular flexibility index (Phi) is 75.0. The molecule has 0 rings (SSSR count). The third kappa shape index (κ3) is 8.85. The second kappa shape index (κ2) is 18.5. The van der Waals surface area contributed by atoms with Gasteiger partial charge in [-0.2, -0.15) is 0 Å². The van der Waals surface area contributed by atoms with Gasteiger partial charge in [-0.05, 0) is 0 Å². The van der Waals surface area contributed by atoms with E-state index in [1.807, 2.05) is 0 Å². The second-order valence-corrected chi connectivity index (χ2v) is 0. The topological polar surface area (TPSA) is 0 Å². The molecule has 0 bridgehead atoms. The first-order valence-electron chi connectivity index (χ1n) is 0.123. The van der Waals surface area contributed by atoms with Crippen molar-refractivity contribution in [1.29, 1.82) is 0 Å². The summed E-state index contributed by atoms with van der Waals surface area (Å²) >= 11 is 3.77. The fourth-order valence-corrected chi connectivity index (χ4v) is 0. The molecule has 0 N–H and O–H groups in total. The third-order valence-electron chi connectivity index (χ3n) is 0. The molecule has 0 aromatic heterocycles. The predicted octanol–water partition coefficient (Wildman–Crippen LogP) is 0.262. The van der Waals surface area contributed by atoms with Gasteiger partial charge in [-0.25, -0.2) is 0 Å². The molecular formula is BiCuMoS. The zero-order valence-electron chi connectivity index (χ0n) is 1.57. The Labute approximate surface area is 71.2 Å². The molecule has 0 aliphatic heterocycles. The van der Waals surface area contributed by atoms with Gasteiger partial charge in [0.1, 0.15) is 0 Å². The molecule has 0 aliphatic carbocycles. The van der Waals surface area contributed by atoms with Crippen LogP contribution in [0.25, 0.3) is 0 Å². The molecule has 0 aromatic rings. The van der Waals surface area contributed by atoms with Crippen molar-refractivity contribution in [3.63, 3.8) is 0 Å². The molecule has 28 valence electrons. The Morgan fingerprint density at radius 1 is 1.25 bits per heavy atom. The molecule has 0 fully saturated rings. The van der Waals surface area contributed by atoms with Crippen molar-refractivity contribution >= 4 is 36.8 Å². The Hall–Kier alpha value is 2.31. The second-order valence-electron chi connectivity index (χ2n) is 0. The van der Waals surface area contributed by atoms with Gasteiger partial charge < -0.3 is 0 Å². The minimum absolute atomic E-state index is 0. The van der Waals surface area contributed by atoms with Gasteiger partial charge in [-0.3, -0.25) is 0 Å². The van der Waals surface area contributed by atoms with Crippen LogP contribution < -0.4 is 0 Å². The summed E-state index contributed by atoms with van der Waals surface area (Å²) in [5, 5.41) is 0. The van der Waals surface area contributed by atoms with Gasteiger partial charge in [0.25, 0.3) is 0 Å². The van der Waals surface area contributed by atoms with Crippen LogP contribution in [-0.2, 0) is 35.4 Å². The van der Waals surface area contributed by atoms with Crippen LogP contribution in [0.2, 0.25) is 0 Å². The average molecular weight is 401 g/mol. The summed E-state index contributed by atoms with van der Waals surface area (Å²) in [6, 6.07) is 0. The molecule has 4 heteroatoms. The minimum atomic E-state index is 0. The van der Waals surface area contributed by atoms with E-state index in [1.165, 1.54) is 0 Å². The maximum absolute atomic E-state index is 3.77. The van der Waals surface area contributed by atoms with Gasteiger partial charge in [0.15, 0.2) is 0 Å². The van der Waals surface area contributed by atoms with E-state index in [-0.39, 0.29) is 47.3 Å². The van der Waals surface area contributed by atoms with Gasteiger partial charge in [0.05, 0.1) is 0 Å². The molecular weight excluding hydrogens is 401 g/mol. The van der Waals surface area contributed by atoms with Crippen LogP contribution in [0, 0.1) is 0 Å². The monoisotopic (exact) mass is 402 g/mol. The molecule has 0 saturated heterocycles. The molecule has 0 spiro atoms. The molecule has 0 heterocycles. The molecule has 0 atom stereocenters. The molecule has 0 unspecified atom stereocenters. The summed E-state index contributed by atoms with van der Waals surface area (Å²) in [5.74, 6) is 0. The van der Waals surface area contributed by atoms with Crippen molar-refractivity contribution in [2.75, 3.05) is 0 Å². The van der Waals surface area contributed by atoms with Gasteiger partial charge in [-0.1, -0.05) is 0 Å². The summed E-state index contributed by atoms with van der Waals surface area (Å²) in [4.78, 5) is 0. The summed E-state index contributed by atoms with van der Waals surface area (Å²) in [7, 11) is 3.65. The van der Waals surface area contributed by atoms with E-state index in [1.54, 1.807) is 0 Å². The quantitative estimate of drug-likeness (QED) is 0.526. The summed E-state index contributed by atoms with van der Waals surface area (Å²) < 4.78 is 0. The zero-order valence-corrected chi connectivity index (χ0v) is 8.81. The van der Waals surface area contributed by atoms with Gasteiger partial charge >= 0.3 is 24.9 Å². The molecule has 4 heavy (non-hydrogen) atoms. The van der Waals surface area contributed by atoms with E-state index < -0.39 is 0 Å². The average Bonchev–Trinajstić information content (AvgIpc) is 1.00. The Morgan fingerprint density at radius 2 is 1.25 bits per heavy atom. The molecule has 0 amide bonds. The van der Waals surface area contributed by atoms with Crippen molar-refractivity contribution in [2.45, 2.75) is 0 Å². The van der Waals surface area contributed by atoms with E-state index in [4.69, 9.17) is 0 Å². The van der Waals surface area contributed by atoms with Crippen LogP contribution in [0.1, 0.15) is 0 Å². The fourth-order valence-electron chi connectivity index (χ4n) is 0. The first-order valence-corrected chi connectivity index (χ1v) is 1.52. The molecule has 0 aliphatic rings. The normalized spacial score (nSPS) is 1.50. The van der Waals surface area contributed by atoms with Crippen LogP contribution in [0.4, 0.5) is 0 Å². The van der Waals surface area contributed by atoms with Gasteiger partial charge in [0, 0.05) is 47.3 Å². The summed E-state index contributed by atoms with van der Waals surface area (Å²) in [6.45, 7) is 0. The molecule has 0 saturated carbocycles. The number of rotatable bonds is 0. The molecule has 3 radical (unpaired) electrons. The Morgan fingerprint density at radius 3 is 1.25 bits per heavy atom. The molecule has 0 aromatic carbocycles. The van der Waals surface area contributed by atoms with Crippen molar-refractivity contribution in [3.8, 4) is 0 Å². The third-order valence-corrected chi connectivity index (χ3v) is 0. The number of hydrogen-bond donors (Lipinski definition) is 0. The van der Waals surface area contributed by atoms with E-state index >= 15 is 0 Å². The Bertz CT molecular complexity index is 8.00. The van der Waals surface area contributed by atoms with Crippen molar-refractivity contribution in [2.24, 2.45) is 0 Å². The van der Waals surface area contributed by atoms with Crippen LogP contribution in [-0.4, -0.2) is 26.2 Å².